The molecule has 1 fully saturated rings. The lowest BCUT2D eigenvalue weighted by atomic mass is 9.64. The summed E-state index contributed by atoms with van der Waals surface area (Å²) in [6.07, 6.45) is 2.61. The Morgan fingerprint density at radius 3 is 2.78 bits per heavy atom. The van der Waals surface area contributed by atoms with Gasteiger partial charge in [0, 0.05) is 17.5 Å². The van der Waals surface area contributed by atoms with E-state index in [-0.39, 0.29) is 11.5 Å². The molecule has 1 saturated carbocycles. The fraction of sp³-hybridized carbons (Fsp3) is 0.600. The van der Waals surface area contributed by atoms with Crippen molar-refractivity contribution in [3.05, 3.63) is 29.3 Å². The van der Waals surface area contributed by atoms with Crippen molar-refractivity contribution in [3.63, 3.8) is 0 Å². The first kappa shape index (κ1) is 12.0. The highest BCUT2D eigenvalue weighted by atomic mass is 16.3. The van der Waals surface area contributed by atoms with Gasteiger partial charge in [-0.25, -0.2) is 0 Å². The monoisotopic (exact) mass is 247 g/mol. The smallest absolute Gasteiger partial charge is 0.119 e. The van der Waals surface area contributed by atoms with Crippen LogP contribution in [0, 0.1) is 5.41 Å². The van der Waals surface area contributed by atoms with Gasteiger partial charge >= 0.3 is 0 Å². The van der Waals surface area contributed by atoms with Gasteiger partial charge in [-0.05, 0) is 36.5 Å². The quantitative estimate of drug-likeness (QED) is 0.750. The molecule has 98 valence electrons. The van der Waals surface area contributed by atoms with E-state index in [9.17, 15) is 10.2 Å². The van der Waals surface area contributed by atoms with E-state index in [1.165, 1.54) is 5.56 Å². The van der Waals surface area contributed by atoms with Gasteiger partial charge in [0.2, 0.25) is 0 Å². The number of aromatic hydroxyl groups is 1. The molecule has 0 saturated heterocycles. The van der Waals surface area contributed by atoms with E-state index >= 15 is 0 Å². The van der Waals surface area contributed by atoms with Crippen molar-refractivity contribution in [1.29, 1.82) is 0 Å². The summed E-state index contributed by atoms with van der Waals surface area (Å²) in [4.78, 5) is 0. The zero-order valence-electron chi connectivity index (χ0n) is 11.0. The maximum Gasteiger partial charge on any atom is 0.119 e. The van der Waals surface area contributed by atoms with Crippen LogP contribution < -0.4 is 5.32 Å². The number of phenols is 1. The maximum atomic E-state index is 9.83. The molecule has 1 aromatic carbocycles. The lowest BCUT2D eigenvalue weighted by Crippen LogP contribution is -2.60. The third-order valence-electron chi connectivity index (χ3n) is 4.86. The molecule has 0 radical (unpaired) electrons. The molecule has 3 unspecified atom stereocenters. The average Bonchev–Trinajstić information content (AvgIpc) is 2.74. The molecule has 3 atom stereocenters. The minimum Gasteiger partial charge on any atom is -0.508 e. The predicted molar refractivity (Wildman–Crippen MR) is 70.5 cm³/mol. The number of benzene rings is 1. The molecule has 0 aliphatic heterocycles. The van der Waals surface area contributed by atoms with Crippen LogP contribution >= 0.6 is 0 Å². The van der Waals surface area contributed by atoms with Crippen LogP contribution in [0.3, 0.4) is 0 Å². The van der Waals surface area contributed by atoms with Crippen LogP contribution in [-0.2, 0) is 6.42 Å². The number of aliphatic hydroxyl groups is 1. The van der Waals surface area contributed by atoms with Crippen molar-refractivity contribution in [1.82, 2.24) is 5.32 Å². The molecule has 3 N–H and O–H groups in total. The highest BCUT2D eigenvalue weighted by molar-refractivity contribution is 5.44. The molecule has 0 aromatic heterocycles. The van der Waals surface area contributed by atoms with E-state index in [0.717, 1.165) is 24.8 Å². The second-order valence-corrected chi connectivity index (χ2v) is 6.23. The third-order valence-corrected chi connectivity index (χ3v) is 4.86. The normalized spacial score (nSPS) is 32.9. The third kappa shape index (κ3) is 1.65. The maximum absolute atomic E-state index is 9.83. The Morgan fingerprint density at radius 1 is 1.33 bits per heavy atom. The standard InChI is InChI=1S/C15H21NO2/c1-15(2)13(8-14(15)18)16-11-7-6-10-9(11)4-3-5-12(10)17/h3-5,11,13-14,16-18H,6-8H2,1-2H3. The lowest BCUT2D eigenvalue weighted by Gasteiger charge is -2.50. The van der Waals surface area contributed by atoms with E-state index in [1.54, 1.807) is 6.07 Å². The Morgan fingerprint density at radius 2 is 2.11 bits per heavy atom. The van der Waals surface area contributed by atoms with Gasteiger partial charge in [-0.3, -0.25) is 0 Å². The summed E-state index contributed by atoms with van der Waals surface area (Å²) in [5.74, 6) is 0.421. The van der Waals surface area contributed by atoms with Crippen LogP contribution in [0.15, 0.2) is 18.2 Å². The Labute approximate surface area is 108 Å². The Kier molecular flexibility index (Phi) is 2.65. The van der Waals surface area contributed by atoms with E-state index in [4.69, 9.17) is 0 Å². The number of rotatable bonds is 2. The highest BCUT2D eigenvalue weighted by Gasteiger charge is 2.48. The van der Waals surface area contributed by atoms with Crippen LogP contribution in [0.2, 0.25) is 0 Å². The summed E-state index contributed by atoms with van der Waals surface area (Å²) >= 11 is 0. The molecule has 0 bridgehead atoms. The molecule has 2 aliphatic rings. The summed E-state index contributed by atoms with van der Waals surface area (Å²) in [6, 6.07) is 6.46. The van der Waals surface area contributed by atoms with Crippen LogP contribution in [0.4, 0.5) is 0 Å². The SMILES string of the molecule is CC1(C)C(O)CC1NC1CCc2c(O)cccc21. The largest absolute Gasteiger partial charge is 0.508 e. The Hall–Kier alpha value is -1.06. The molecular formula is C15H21NO2. The number of fused-ring (bicyclic) bond motifs is 1. The number of nitrogens with one attached hydrogen (secondary N) is 1. The van der Waals surface area contributed by atoms with Gasteiger partial charge in [-0.1, -0.05) is 26.0 Å². The van der Waals surface area contributed by atoms with Crippen molar-refractivity contribution >= 4 is 0 Å². The molecule has 0 spiro atoms. The van der Waals surface area contributed by atoms with Gasteiger partial charge in [0.05, 0.1) is 6.10 Å². The van der Waals surface area contributed by atoms with Gasteiger partial charge in [0.1, 0.15) is 5.75 Å². The molecule has 2 aliphatic carbocycles. The Bertz CT molecular complexity index is 470. The summed E-state index contributed by atoms with van der Waals surface area (Å²) in [5, 5.41) is 23.3. The molecule has 3 heteroatoms. The summed E-state index contributed by atoms with van der Waals surface area (Å²) in [6.45, 7) is 4.22. The fourth-order valence-corrected chi connectivity index (χ4v) is 3.24. The van der Waals surface area contributed by atoms with E-state index < -0.39 is 0 Å². The van der Waals surface area contributed by atoms with Gasteiger partial charge in [0.15, 0.2) is 0 Å². The van der Waals surface area contributed by atoms with Crippen molar-refractivity contribution in [3.8, 4) is 5.75 Å². The molecule has 3 rings (SSSR count). The van der Waals surface area contributed by atoms with E-state index in [1.807, 2.05) is 6.07 Å². The van der Waals surface area contributed by atoms with Crippen molar-refractivity contribution in [2.45, 2.75) is 51.3 Å². The Balaban J connectivity index is 1.76. The minimum absolute atomic E-state index is 0.0421. The first-order valence-corrected chi connectivity index (χ1v) is 6.75. The van der Waals surface area contributed by atoms with Gasteiger partial charge < -0.3 is 15.5 Å². The molecule has 3 nitrogen and oxygen atoms in total. The highest BCUT2D eigenvalue weighted by Crippen LogP contribution is 2.44. The average molecular weight is 247 g/mol. The first-order valence-electron chi connectivity index (χ1n) is 6.75. The summed E-state index contributed by atoms with van der Waals surface area (Å²) < 4.78 is 0. The van der Waals surface area contributed by atoms with Gasteiger partial charge in [-0.2, -0.15) is 0 Å². The lowest BCUT2D eigenvalue weighted by molar-refractivity contribution is -0.0760. The molecular weight excluding hydrogens is 226 g/mol. The molecule has 0 heterocycles. The van der Waals surface area contributed by atoms with Crippen molar-refractivity contribution in [2.75, 3.05) is 0 Å². The molecule has 1 aromatic rings. The number of hydrogen-bond acceptors (Lipinski definition) is 3. The summed E-state index contributed by atoms with van der Waals surface area (Å²) in [7, 11) is 0. The van der Waals surface area contributed by atoms with E-state index in [2.05, 4.69) is 25.2 Å². The zero-order chi connectivity index (χ0) is 12.9. The minimum atomic E-state index is -0.194. The van der Waals surface area contributed by atoms with E-state index in [0.29, 0.717) is 17.8 Å². The van der Waals surface area contributed by atoms with Crippen LogP contribution in [0.5, 0.6) is 5.75 Å². The van der Waals surface area contributed by atoms with Crippen LogP contribution in [0.1, 0.15) is 43.9 Å². The van der Waals surface area contributed by atoms with Gasteiger partial charge in [0.25, 0.3) is 0 Å². The van der Waals surface area contributed by atoms with Crippen molar-refractivity contribution in [2.24, 2.45) is 5.41 Å². The second-order valence-electron chi connectivity index (χ2n) is 6.23. The second kappa shape index (κ2) is 3.97. The summed E-state index contributed by atoms with van der Waals surface area (Å²) in [5.41, 5.74) is 2.28. The van der Waals surface area contributed by atoms with Crippen molar-refractivity contribution < 1.29 is 10.2 Å². The van der Waals surface area contributed by atoms with Gasteiger partial charge in [-0.15, -0.1) is 0 Å². The number of phenolic OH excluding ortho intramolecular Hbond substituents is 1. The predicted octanol–water partition coefficient (Wildman–Crippen LogP) is 2.13. The fourth-order valence-electron chi connectivity index (χ4n) is 3.24. The number of aliphatic hydroxyl groups excluding tert-OH is 1. The first-order chi connectivity index (χ1) is 8.50. The van der Waals surface area contributed by atoms with Crippen LogP contribution in [-0.4, -0.2) is 22.4 Å². The molecule has 0 amide bonds. The number of hydrogen-bond donors (Lipinski definition) is 3. The topological polar surface area (TPSA) is 52.5 Å². The van der Waals surface area contributed by atoms with Crippen LogP contribution in [0.25, 0.3) is 0 Å². The zero-order valence-corrected chi connectivity index (χ0v) is 11.0. The molecule has 18 heavy (non-hydrogen) atoms.